The molecule has 2 aromatic rings. The van der Waals surface area contributed by atoms with Crippen molar-refractivity contribution >= 4 is 33.2 Å². The topological polar surface area (TPSA) is 107 Å². The molecular formula is C9H11BrN6O2S. The highest BCUT2D eigenvalue weighted by molar-refractivity contribution is 9.11. The average molecular weight is 347 g/mol. The summed E-state index contributed by atoms with van der Waals surface area (Å²) in [4.78, 5) is 11.5. The van der Waals surface area contributed by atoms with E-state index in [2.05, 4.69) is 41.7 Å². The normalized spacial score (nSPS) is 13.5. The maximum absolute atomic E-state index is 11.5. The number of carboxylic acids is 1. The van der Waals surface area contributed by atoms with Gasteiger partial charge in [0.25, 0.3) is 0 Å². The van der Waals surface area contributed by atoms with Crippen molar-refractivity contribution in [1.29, 1.82) is 0 Å². The van der Waals surface area contributed by atoms with Crippen LogP contribution in [0.4, 0.5) is 0 Å². The molecule has 1 atom stereocenters. The van der Waals surface area contributed by atoms with Crippen LogP contribution in [0.25, 0.3) is 10.8 Å². The lowest BCUT2D eigenvalue weighted by atomic mass is 9.87. The lowest BCUT2D eigenvalue weighted by Crippen LogP contribution is -2.32. The molecule has 1 N–H and O–H groups in total. The number of aromatic nitrogens is 6. The van der Waals surface area contributed by atoms with Gasteiger partial charge in [-0.2, -0.15) is 0 Å². The molecule has 0 aromatic carbocycles. The maximum Gasteiger partial charge on any atom is 0.329 e. The van der Waals surface area contributed by atoms with Gasteiger partial charge in [0, 0.05) is 0 Å². The van der Waals surface area contributed by atoms with Crippen molar-refractivity contribution in [3.63, 3.8) is 0 Å². The first kappa shape index (κ1) is 14.0. The van der Waals surface area contributed by atoms with Crippen molar-refractivity contribution in [1.82, 2.24) is 30.4 Å². The second-order valence-electron chi connectivity index (χ2n) is 4.91. The number of carboxylic acid groups (broad SMARTS) is 1. The van der Waals surface area contributed by atoms with E-state index in [1.807, 2.05) is 20.8 Å². The Labute approximate surface area is 121 Å². The molecule has 0 radical (unpaired) electrons. The minimum absolute atomic E-state index is 0.297. The Balaban J connectivity index is 2.52. The van der Waals surface area contributed by atoms with Gasteiger partial charge in [-0.1, -0.05) is 32.1 Å². The quantitative estimate of drug-likeness (QED) is 0.899. The molecule has 0 aliphatic heterocycles. The van der Waals surface area contributed by atoms with Crippen molar-refractivity contribution in [3.8, 4) is 10.8 Å². The standard InChI is InChI=1S/C9H11BrN6O2S/c1-9(2,3)4(7(17)18)16-5(11-14-15-16)6-12-13-8(10)19-6/h4H,1-3H3,(H,17,18). The van der Waals surface area contributed by atoms with E-state index in [1.54, 1.807) is 0 Å². The lowest BCUT2D eigenvalue weighted by Gasteiger charge is -2.26. The number of aliphatic carboxylic acids is 1. The second-order valence-corrected chi connectivity index (χ2v) is 7.17. The fraction of sp³-hybridized carbons (Fsp3) is 0.556. The Kier molecular flexibility index (Phi) is 3.63. The average Bonchev–Trinajstić information content (AvgIpc) is 2.84. The van der Waals surface area contributed by atoms with Crippen LogP contribution in [-0.4, -0.2) is 41.5 Å². The molecule has 2 rings (SSSR count). The van der Waals surface area contributed by atoms with Gasteiger partial charge in [0.2, 0.25) is 5.82 Å². The first-order valence-corrected chi connectivity index (χ1v) is 6.91. The molecule has 0 saturated heterocycles. The Morgan fingerprint density at radius 1 is 1.37 bits per heavy atom. The van der Waals surface area contributed by atoms with Crippen LogP contribution in [-0.2, 0) is 4.79 Å². The summed E-state index contributed by atoms with van der Waals surface area (Å²) in [5, 5.41) is 28.8. The molecule has 0 aliphatic carbocycles. The third kappa shape index (κ3) is 2.78. The maximum atomic E-state index is 11.5. The van der Waals surface area contributed by atoms with Crippen LogP contribution in [0.15, 0.2) is 3.92 Å². The van der Waals surface area contributed by atoms with E-state index in [-0.39, 0.29) is 0 Å². The number of nitrogens with zero attached hydrogens (tertiary/aromatic N) is 6. The SMILES string of the molecule is CC(C)(C)C(C(=O)O)n1nnnc1-c1nnc(Br)s1. The molecule has 0 aliphatic rings. The molecule has 2 aromatic heterocycles. The molecule has 0 bridgehead atoms. The number of tetrazole rings is 1. The van der Waals surface area contributed by atoms with E-state index >= 15 is 0 Å². The number of rotatable bonds is 3. The predicted molar refractivity (Wildman–Crippen MR) is 70.5 cm³/mol. The van der Waals surface area contributed by atoms with Crippen LogP contribution in [0.5, 0.6) is 0 Å². The van der Waals surface area contributed by atoms with Crippen LogP contribution in [0.3, 0.4) is 0 Å². The highest BCUT2D eigenvalue weighted by atomic mass is 79.9. The van der Waals surface area contributed by atoms with E-state index in [9.17, 15) is 9.90 Å². The van der Waals surface area contributed by atoms with Gasteiger partial charge in [0.1, 0.15) is 0 Å². The molecule has 10 heteroatoms. The van der Waals surface area contributed by atoms with E-state index in [4.69, 9.17) is 0 Å². The Morgan fingerprint density at radius 3 is 2.53 bits per heavy atom. The minimum Gasteiger partial charge on any atom is -0.480 e. The first-order chi connectivity index (χ1) is 8.80. The Bertz CT molecular complexity index is 604. The molecule has 102 valence electrons. The van der Waals surface area contributed by atoms with Crippen LogP contribution in [0, 0.1) is 5.41 Å². The van der Waals surface area contributed by atoms with E-state index in [0.29, 0.717) is 14.7 Å². The van der Waals surface area contributed by atoms with Crippen molar-refractivity contribution < 1.29 is 9.90 Å². The van der Waals surface area contributed by atoms with Crippen molar-refractivity contribution in [3.05, 3.63) is 3.92 Å². The van der Waals surface area contributed by atoms with Crippen LogP contribution in [0.1, 0.15) is 26.8 Å². The molecule has 0 amide bonds. The van der Waals surface area contributed by atoms with Crippen LogP contribution in [0.2, 0.25) is 0 Å². The summed E-state index contributed by atoms with van der Waals surface area (Å²) in [6, 6.07) is -0.889. The van der Waals surface area contributed by atoms with E-state index < -0.39 is 17.4 Å². The summed E-state index contributed by atoms with van der Waals surface area (Å²) >= 11 is 4.44. The summed E-state index contributed by atoms with van der Waals surface area (Å²) in [5.41, 5.74) is -0.544. The van der Waals surface area contributed by atoms with Gasteiger partial charge < -0.3 is 5.11 Å². The van der Waals surface area contributed by atoms with Crippen molar-refractivity contribution in [2.75, 3.05) is 0 Å². The largest absolute Gasteiger partial charge is 0.480 e. The number of halogens is 1. The van der Waals surface area contributed by atoms with Crippen molar-refractivity contribution in [2.45, 2.75) is 26.8 Å². The Morgan fingerprint density at radius 2 is 2.05 bits per heavy atom. The number of hydrogen-bond acceptors (Lipinski definition) is 7. The fourth-order valence-electron chi connectivity index (χ4n) is 1.65. The van der Waals surface area contributed by atoms with Gasteiger partial charge >= 0.3 is 5.97 Å². The summed E-state index contributed by atoms with van der Waals surface area (Å²) in [5.74, 6) is -0.699. The van der Waals surface area contributed by atoms with Crippen molar-refractivity contribution in [2.24, 2.45) is 5.41 Å². The summed E-state index contributed by atoms with van der Waals surface area (Å²) < 4.78 is 1.86. The molecule has 2 heterocycles. The molecule has 8 nitrogen and oxygen atoms in total. The van der Waals surface area contributed by atoms with Crippen LogP contribution < -0.4 is 0 Å². The van der Waals surface area contributed by atoms with Gasteiger partial charge in [0.05, 0.1) is 0 Å². The monoisotopic (exact) mass is 346 g/mol. The van der Waals surface area contributed by atoms with Gasteiger partial charge in [-0.3, -0.25) is 0 Å². The minimum atomic E-state index is -0.996. The highest BCUT2D eigenvalue weighted by Gasteiger charge is 2.36. The second kappa shape index (κ2) is 4.93. The number of hydrogen-bond donors (Lipinski definition) is 1. The van der Waals surface area contributed by atoms with Gasteiger partial charge in [-0.25, -0.2) is 9.48 Å². The van der Waals surface area contributed by atoms with Gasteiger partial charge in [-0.05, 0) is 31.8 Å². The summed E-state index contributed by atoms with van der Waals surface area (Å²) in [7, 11) is 0. The summed E-state index contributed by atoms with van der Waals surface area (Å²) in [6.45, 7) is 5.44. The highest BCUT2D eigenvalue weighted by Crippen LogP contribution is 2.33. The van der Waals surface area contributed by atoms with E-state index in [1.165, 1.54) is 16.0 Å². The third-order valence-electron chi connectivity index (χ3n) is 2.38. The molecule has 0 spiro atoms. The van der Waals surface area contributed by atoms with Gasteiger partial charge in [-0.15, -0.1) is 15.3 Å². The number of carbonyl (C=O) groups is 1. The Hall–Kier alpha value is -1.42. The zero-order valence-electron chi connectivity index (χ0n) is 10.4. The van der Waals surface area contributed by atoms with E-state index in [0.717, 1.165) is 0 Å². The summed E-state index contributed by atoms with van der Waals surface area (Å²) in [6.07, 6.45) is 0. The van der Waals surface area contributed by atoms with Gasteiger partial charge in [0.15, 0.2) is 15.0 Å². The molecule has 19 heavy (non-hydrogen) atoms. The fourth-order valence-corrected chi connectivity index (χ4v) is 2.73. The first-order valence-electron chi connectivity index (χ1n) is 5.30. The zero-order chi connectivity index (χ0) is 14.2. The lowest BCUT2D eigenvalue weighted by molar-refractivity contribution is -0.144. The zero-order valence-corrected chi connectivity index (χ0v) is 12.8. The smallest absolute Gasteiger partial charge is 0.329 e. The molecule has 0 fully saturated rings. The molecular weight excluding hydrogens is 336 g/mol. The third-order valence-corrected chi connectivity index (χ3v) is 3.74. The predicted octanol–water partition coefficient (Wildman–Crippen LogP) is 1.63. The molecule has 1 unspecified atom stereocenters. The van der Waals surface area contributed by atoms with Crippen LogP contribution >= 0.6 is 27.3 Å². The molecule has 0 saturated carbocycles.